The van der Waals surface area contributed by atoms with E-state index in [1.165, 1.54) is 0 Å². The summed E-state index contributed by atoms with van der Waals surface area (Å²) >= 11 is 0. The maximum absolute atomic E-state index is 9.74. The van der Waals surface area contributed by atoms with Crippen molar-refractivity contribution in [2.24, 2.45) is 11.8 Å². The van der Waals surface area contributed by atoms with Crippen LogP contribution < -0.4 is 10.6 Å². The molecule has 4 atom stereocenters. The molecule has 0 amide bonds. The van der Waals surface area contributed by atoms with E-state index in [-0.39, 0.29) is 24.7 Å². The number of nitrogens with one attached hydrogen (secondary N) is 2. The minimum atomic E-state index is -0.0917. The summed E-state index contributed by atoms with van der Waals surface area (Å²) < 4.78 is 5.64. The van der Waals surface area contributed by atoms with Crippen LogP contribution in [-0.4, -0.2) is 47.0 Å². The van der Waals surface area contributed by atoms with E-state index in [1.807, 2.05) is 0 Å². The third kappa shape index (κ3) is 2.99. The van der Waals surface area contributed by atoms with Gasteiger partial charge in [-0.25, -0.2) is 0 Å². The van der Waals surface area contributed by atoms with E-state index in [1.54, 1.807) is 0 Å². The minimum Gasteiger partial charge on any atom is -0.393 e. The van der Waals surface area contributed by atoms with E-state index in [0.717, 1.165) is 51.4 Å². The van der Waals surface area contributed by atoms with Gasteiger partial charge in [0.05, 0.1) is 12.2 Å². The first-order valence-electron chi connectivity index (χ1n) is 8.74. The van der Waals surface area contributed by atoms with Crippen LogP contribution in [0, 0.1) is 11.8 Å². The van der Waals surface area contributed by atoms with E-state index >= 15 is 0 Å². The number of rotatable bonds is 2. The van der Waals surface area contributed by atoms with Crippen molar-refractivity contribution in [2.45, 2.75) is 88.1 Å². The molecule has 120 valence electrons. The highest BCUT2D eigenvalue weighted by molar-refractivity contribution is 5.03. The zero-order valence-corrected chi connectivity index (χ0v) is 12.6. The summed E-state index contributed by atoms with van der Waals surface area (Å²) in [4.78, 5) is 0. The average Bonchev–Trinajstić information content (AvgIpc) is 3.26. The molecule has 5 nitrogen and oxygen atoms in total. The number of ether oxygens (including phenoxy) is 1. The van der Waals surface area contributed by atoms with Crippen LogP contribution in [-0.2, 0) is 4.74 Å². The molecule has 0 radical (unpaired) electrons. The van der Waals surface area contributed by atoms with Gasteiger partial charge >= 0.3 is 0 Å². The molecule has 2 aliphatic heterocycles. The second kappa shape index (κ2) is 5.78. The summed E-state index contributed by atoms with van der Waals surface area (Å²) in [5.74, 6) is 1.28. The molecule has 2 saturated heterocycles. The molecule has 0 aromatic rings. The van der Waals surface area contributed by atoms with Crippen LogP contribution in [0.3, 0.4) is 0 Å². The lowest BCUT2D eigenvalue weighted by molar-refractivity contribution is 0.0573. The summed E-state index contributed by atoms with van der Waals surface area (Å²) in [5, 5.41) is 26.9. The Morgan fingerprint density at radius 2 is 1.00 bits per heavy atom. The van der Waals surface area contributed by atoms with Crippen LogP contribution in [0.25, 0.3) is 0 Å². The quantitative estimate of drug-likeness (QED) is 0.564. The van der Waals surface area contributed by atoms with Crippen molar-refractivity contribution < 1.29 is 14.9 Å². The smallest absolute Gasteiger partial charge is 0.150 e. The zero-order valence-electron chi connectivity index (χ0n) is 12.6. The molecule has 2 aliphatic carbocycles. The molecule has 4 rings (SSSR count). The van der Waals surface area contributed by atoms with Gasteiger partial charge in [-0.05, 0) is 63.2 Å². The number of piperazine rings is 1. The monoisotopic (exact) mass is 296 g/mol. The van der Waals surface area contributed by atoms with Gasteiger partial charge in [-0.3, -0.25) is 10.6 Å². The summed E-state index contributed by atoms with van der Waals surface area (Å²) in [6.07, 6.45) is 8.43. The van der Waals surface area contributed by atoms with E-state index < -0.39 is 0 Å². The molecule has 4 aliphatic rings. The van der Waals surface area contributed by atoms with Crippen molar-refractivity contribution in [3.05, 3.63) is 0 Å². The van der Waals surface area contributed by atoms with E-state index in [9.17, 15) is 10.2 Å². The first kappa shape index (κ1) is 14.4. The second-order valence-electron chi connectivity index (χ2n) is 7.50. The molecule has 0 bridgehead atoms. The van der Waals surface area contributed by atoms with E-state index in [4.69, 9.17) is 4.74 Å². The van der Waals surface area contributed by atoms with Crippen molar-refractivity contribution in [2.75, 3.05) is 0 Å². The summed E-state index contributed by atoms with van der Waals surface area (Å²) in [6.45, 7) is 0. The van der Waals surface area contributed by atoms with Crippen LogP contribution in [0.2, 0.25) is 0 Å². The lowest BCUT2D eigenvalue weighted by Gasteiger charge is -2.44. The van der Waals surface area contributed by atoms with Crippen LogP contribution in [0.5, 0.6) is 0 Å². The number of aliphatic hydroxyl groups excluding tert-OH is 2. The normalized spacial score (nSPS) is 54.0. The third-order valence-corrected chi connectivity index (χ3v) is 6.09. The second-order valence-corrected chi connectivity index (χ2v) is 7.50. The number of hydrogen-bond acceptors (Lipinski definition) is 5. The first-order valence-corrected chi connectivity index (χ1v) is 8.74. The maximum atomic E-state index is 9.74. The number of hydrogen-bond donors (Lipinski definition) is 4. The Bertz CT molecular complexity index is 331. The molecule has 0 aromatic carbocycles. The Kier molecular flexibility index (Phi) is 3.96. The average molecular weight is 296 g/mol. The molecule has 21 heavy (non-hydrogen) atoms. The summed E-state index contributed by atoms with van der Waals surface area (Å²) in [5.41, 5.74) is 0. The van der Waals surface area contributed by atoms with Crippen molar-refractivity contribution >= 4 is 0 Å². The molecular formula is C16H28N2O3. The standard InChI is InChI=1S/C16H28N2O3/c19-11-5-1-9(2-6-11)13-14(18-16-15(17-13)21-16)10-3-7-12(20)8-4-10/h9-20H,1-8H2. The number of fused-ring (bicyclic) bond motifs is 1. The van der Waals surface area contributed by atoms with Gasteiger partial charge in [0.15, 0.2) is 12.5 Å². The predicted molar refractivity (Wildman–Crippen MR) is 78.4 cm³/mol. The maximum Gasteiger partial charge on any atom is 0.150 e. The molecule has 4 fully saturated rings. The molecular weight excluding hydrogens is 268 g/mol. The largest absolute Gasteiger partial charge is 0.393 e. The Morgan fingerprint density at radius 3 is 1.38 bits per heavy atom. The van der Waals surface area contributed by atoms with Crippen molar-refractivity contribution in [1.29, 1.82) is 0 Å². The minimum absolute atomic E-state index is 0.0917. The van der Waals surface area contributed by atoms with E-state index in [2.05, 4.69) is 10.6 Å². The van der Waals surface area contributed by atoms with Crippen molar-refractivity contribution in [3.8, 4) is 0 Å². The fourth-order valence-corrected chi connectivity index (χ4v) is 4.73. The lowest BCUT2D eigenvalue weighted by Crippen LogP contribution is -2.62. The molecule has 0 spiro atoms. The van der Waals surface area contributed by atoms with Crippen molar-refractivity contribution in [3.63, 3.8) is 0 Å². The molecule has 4 N–H and O–H groups in total. The Hall–Kier alpha value is -0.200. The van der Waals surface area contributed by atoms with Gasteiger partial charge in [0.1, 0.15) is 0 Å². The van der Waals surface area contributed by atoms with Gasteiger partial charge in [-0.1, -0.05) is 0 Å². The Balaban J connectivity index is 1.44. The Morgan fingerprint density at radius 1 is 0.619 bits per heavy atom. The topological polar surface area (TPSA) is 77.0 Å². The highest BCUT2D eigenvalue weighted by Gasteiger charge is 2.51. The van der Waals surface area contributed by atoms with Gasteiger partial charge in [-0.15, -0.1) is 0 Å². The van der Waals surface area contributed by atoms with Crippen LogP contribution in [0.4, 0.5) is 0 Å². The summed E-state index contributed by atoms with van der Waals surface area (Å²) in [7, 11) is 0. The molecule has 4 unspecified atom stereocenters. The molecule has 2 saturated carbocycles. The van der Waals surface area contributed by atoms with Crippen molar-refractivity contribution in [1.82, 2.24) is 10.6 Å². The van der Waals surface area contributed by atoms with Crippen LogP contribution in [0.15, 0.2) is 0 Å². The van der Waals surface area contributed by atoms with Gasteiger partial charge in [-0.2, -0.15) is 0 Å². The third-order valence-electron chi connectivity index (χ3n) is 6.09. The predicted octanol–water partition coefficient (Wildman–Crippen LogP) is 0.701. The number of epoxide rings is 1. The van der Waals surface area contributed by atoms with Gasteiger partial charge < -0.3 is 14.9 Å². The van der Waals surface area contributed by atoms with Gasteiger partial charge in [0.2, 0.25) is 0 Å². The lowest BCUT2D eigenvalue weighted by atomic mass is 9.72. The Labute approximate surface area is 126 Å². The highest BCUT2D eigenvalue weighted by Crippen LogP contribution is 2.38. The highest BCUT2D eigenvalue weighted by atomic mass is 16.6. The van der Waals surface area contributed by atoms with Gasteiger partial charge in [0, 0.05) is 12.1 Å². The fraction of sp³-hybridized carbons (Fsp3) is 1.00. The summed E-state index contributed by atoms with van der Waals surface area (Å²) in [6, 6.07) is 0.919. The fourth-order valence-electron chi connectivity index (χ4n) is 4.73. The molecule has 0 aromatic heterocycles. The molecule has 2 heterocycles. The molecule has 5 heteroatoms. The van der Waals surface area contributed by atoms with Crippen LogP contribution in [0.1, 0.15) is 51.4 Å². The number of aliphatic hydroxyl groups is 2. The van der Waals surface area contributed by atoms with Gasteiger partial charge in [0.25, 0.3) is 0 Å². The zero-order chi connectivity index (χ0) is 14.4. The first-order chi connectivity index (χ1) is 10.2. The SMILES string of the molecule is OC1CCC(C2NC3OC3NC2C2CCC(O)CC2)CC1. The van der Waals surface area contributed by atoms with Crippen LogP contribution >= 0.6 is 0 Å². The van der Waals surface area contributed by atoms with E-state index in [0.29, 0.717) is 23.9 Å².